The smallest absolute Gasteiger partial charge is 0.262 e. The van der Waals surface area contributed by atoms with Gasteiger partial charge in [0.1, 0.15) is 5.75 Å². The maximum Gasteiger partial charge on any atom is 0.262 e. The Balaban J connectivity index is 2.50. The van der Waals surface area contributed by atoms with Crippen molar-refractivity contribution in [2.24, 2.45) is 5.73 Å². The number of sulfonamides is 1. The van der Waals surface area contributed by atoms with Gasteiger partial charge in [0.25, 0.3) is 10.0 Å². The lowest BCUT2D eigenvalue weighted by molar-refractivity contribution is 0.100. The number of hydrogen-bond acceptors (Lipinski definition) is 4. The van der Waals surface area contributed by atoms with Crippen LogP contribution in [-0.4, -0.2) is 21.4 Å². The van der Waals surface area contributed by atoms with E-state index in [1.807, 2.05) is 0 Å². The number of primary amides is 1. The first kappa shape index (κ1) is 17.3. The zero-order chi connectivity index (χ0) is 17.2. The molecule has 0 aliphatic carbocycles. The summed E-state index contributed by atoms with van der Waals surface area (Å²) < 4.78 is 33.4. The second-order valence-electron chi connectivity index (χ2n) is 4.79. The minimum atomic E-state index is -3.85. The van der Waals surface area contributed by atoms with Crippen LogP contribution < -0.4 is 15.2 Å². The molecular formula is C15H15BrN2O4S. The van der Waals surface area contributed by atoms with E-state index in [9.17, 15) is 13.2 Å². The molecule has 0 unspecified atom stereocenters. The number of benzene rings is 2. The van der Waals surface area contributed by atoms with Gasteiger partial charge in [-0.2, -0.15) is 0 Å². The highest BCUT2D eigenvalue weighted by Crippen LogP contribution is 2.29. The second-order valence-corrected chi connectivity index (χ2v) is 7.36. The Morgan fingerprint density at radius 1 is 1.22 bits per heavy atom. The number of carbonyl (C=O) groups is 1. The van der Waals surface area contributed by atoms with E-state index in [2.05, 4.69) is 20.7 Å². The number of aryl methyl sites for hydroxylation is 1. The summed E-state index contributed by atoms with van der Waals surface area (Å²) in [7, 11) is -2.45. The molecule has 0 heterocycles. The number of nitrogens with two attached hydrogens (primary N) is 1. The van der Waals surface area contributed by atoms with Crippen molar-refractivity contribution < 1.29 is 17.9 Å². The normalized spacial score (nSPS) is 11.1. The molecule has 0 saturated heterocycles. The molecule has 0 radical (unpaired) electrons. The molecule has 1 amide bonds. The van der Waals surface area contributed by atoms with Crippen LogP contribution in [0.3, 0.4) is 0 Å². The van der Waals surface area contributed by atoms with Crippen molar-refractivity contribution in [1.29, 1.82) is 0 Å². The molecule has 0 aromatic heterocycles. The molecule has 23 heavy (non-hydrogen) atoms. The maximum absolute atomic E-state index is 12.6. The average molecular weight is 399 g/mol. The van der Waals surface area contributed by atoms with Crippen LogP contribution in [0.25, 0.3) is 0 Å². The summed E-state index contributed by atoms with van der Waals surface area (Å²) in [6.45, 7) is 1.69. The van der Waals surface area contributed by atoms with Crippen LogP contribution in [0, 0.1) is 6.92 Å². The third-order valence-electron chi connectivity index (χ3n) is 3.17. The Hall–Kier alpha value is -2.06. The lowest BCUT2D eigenvalue weighted by Crippen LogP contribution is -2.16. The molecule has 122 valence electrons. The van der Waals surface area contributed by atoms with Crippen LogP contribution in [-0.2, 0) is 10.0 Å². The molecule has 8 heteroatoms. The quantitative estimate of drug-likeness (QED) is 0.808. The van der Waals surface area contributed by atoms with E-state index in [4.69, 9.17) is 10.5 Å². The maximum atomic E-state index is 12.6. The number of carbonyl (C=O) groups excluding carboxylic acids is 1. The standard InChI is InChI=1S/C15H15BrN2O4S/c1-9-3-5-11(16)8-14(9)23(20,21)18-12-7-10(15(17)19)4-6-13(12)22-2/h3-8,18H,1-2H3,(H2,17,19). The first-order chi connectivity index (χ1) is 10.7. The zero-order valence-electron chi connectivity index (χ0n) is 12.5. The lowest BCUT2D eigenvalue weighted by atomic mass is 10.2. The Morgan fingerprint density at radius 3 is 2.52 bits per heavy atom. The van der Waals surface area contributed by atoms with Gasteiger partial charge < -0.3 is 10.5 Å². The SMILES string of the molecule is COc1ccc(C(N)=O)cc1NS(=O)(=O)c1cc(Br)ccc1C. The molecule has 2 aromatic rings. The van der Waals surface area contributed by atoms with Crippen molar-refractivity contribution in [3.8, 4) is 5.75 Å². The highest BCUT2D eigenvalue weighted by atomic mass is 79.9. The fourth-order valence-corrected chi connectivity index (χ4v) is 3.85. The summed E-state index contributed by atoms with van der Waals surface area (Å²) >= 11 is 3.25. The topological polar surface area (TPSA) is 98.5 Å². The van der Waals surface area contributed by atoms with Gasteiger partial charge in [-0.1, -0.05) is 22.0 Å². The molecule has 0 aliphatic rings. The van der Waals surface area contributed by atoms with E-state index in [0.29, 0.717) is 10.0 Å². The number of amides is 1. The average Bonchev–Trinajstić information content (AvgIpc) is 2.49. The van der Waals surface area contributed by atoms with Gasteiger partial charge in [-0.3, -0.25) is 9.52 Å². The van der Waals surface area contributed by atoms with Gasteiger partial charge in [-0.25, -0.2) is 8.42 Å². The van der Waals surface area contributed by atoms with E-state index in [1.54, 1.807) is 19.1 Å². The second kappa shape index (κ2) is 6.59. The van der Waals surface area contributed by atoms with E-state index >= 15 is 0 Å². The first-order valence-corrected chi connectivity index (χ1v) is 8.79. The molecule has 2 aromatic carbocycles. The van der Waals surface area contributed by atoms with Crippen molar-refractivity contribution in [3.63, 3.8) is 0 Å². The van der Waals surface area contributed by atoms with Gasteiger partial charge in [-0.05, 0) is 42.8 Å². The van der Waals surface area contributed by atoms with Gasteiger partial charge >= 0.3 is 0 Å². The molecule has 3 N–H and O–H groups in total. The highest BCUT2D eigenvalue weighted by Gasteiger charge is 2.20. The Kier molecular flexibility index (Phi) is 4.96. The molecular weight excluding hydrogens is 384 g/mol. The van der Waals surface area contributed by atoms with E-state index in [-0.39, 0.29) is 21.9 Å². The van der Waals surface area contributed by atoms with E-state index in [1.165, 1.54) is 31.4 Å². The first-order valence-electron chi connectivity index (χ1n) is 6.51. The van der Waals surface area contributed by atoms with Crippen molar-refractivity contribution in [2.45, 2.75) is 11.8 Å². The van der Waals surface area contributed by atoms with Crippen LogP contribution in [0.4, 0.5) is 5.69 Å². The fraction of sp³-hybridized carbons (Fsp3) is 0.133. The molecule has 0 fully saturated rings. The molecule has 0 saturated carbocycles. The van der Waals surface area contributed by atoms with Gasteiger partial charge in [0, 0.05) is 10.0 Å². The van der Waals surface area contributed by atoms with Crippen LogP contribution >= 0.6 is 15.9 Å². The van der Waals surface area contributed by atoms with Gasteiger partial charge in [0.15, 0.2) is 0 Å². The van der Waals surface area contributed by atoms with E-state index < -0.39 is 15.9 Å². The Labute approximate surface area is 142 Å². The highest BCUT2D eigenvalue weighted by molar-refractivity contribution is 9.10. The number of ether oxygens (including phenoxy) is 1. The molecule has 2 rings (SSSR count). The number of halogens is 1. The molecule has 0 aliphatic heterocycles. The Morgan fingerprint density at radius 2 is 1.91 bits per heavy atom. The van der Waals surface area contributed by atoms with E-state index in [0.717, 1.165) is 0 Å². The van der Waals surface area contributed by atoms with Gasteiger partial charge in [0.05, 0.1) is 17.7 Å². The van der Waals surface area contributed by atoms with Crippen LogP contribution in [0.15, 0.2) is 45.8 Å². The number of hydrogen-bond donors (Lipinski definition) is 2. The lowest BCUT2D eigenvalue weighted by Gasteiger charge is -2.14. The van der Waals surface area contributed by atoms with Crippen molar-refractivity contribution in [3.05, 3.63) is 52.0 Å². The minimum Gasteiger partial charge on any atom is -0.495 e. The van der Waals surface area contributed by atoms with Crippen LogP contribution in [0.5, 0.6) is 5.75 Å². The largest absolute Gasteiger partial charge is 0.495 e. The van der Waals surface area contributed by atoms with Gasteiger partial charge in [0.2, 0.25) is 5.91 Å². The number of rotatable bonds is 5. The van der Waals surface area contributed by atoms with Crippen LogP contribution in [0.1, 0.15) is 15.9 Å². The van der Waals surface area contributed by atoms with Crippen LogP contribution in [0.2, 0.25) is 0 Å². The van der Waals surface area contributed by atoms with Crippen molar-refractivity contribution in [1.82, 2.24) is 0 Å². The van der Waals surface area contributed by atoms with Crippen molar-refractivity contribution >= 4 is 37.5 Å². The third kappa shape index (κ3) is 3.83. The summed E-state index contributed by atoms with van der Waals surface area (Å²) in [6, 6.07) is 9.22. The molecule has 0 atom stereocenters. The number of nitrogens with one attached hydrogen (secondary N) is 1. The predicted octanol–water partition coefficient (Wildman–Crippen LogP) is 2.67. The minimum absolute atomic E-state index is 0.124. The number of anilines is 1. The van der Waals surface area contributed by atoms with Crippen molar-refractivity contribution in [2.75, 3.05) is 11.8 Å². The predicted molar refractivity (Wildman–Crippen MR) is 91.2 cm³/mol. The van der Waals surface area contributed by atoms with Gasteiger partial charge in [-0.15, -0.1) is 0 Å². The summed E-state index contributed by atoms with van der Waals surface area (Å²) in [5.74, 6) is -0.377. The Bertz CT molecular complexity index is 866. The molecule has 6 nitrogen and oxygen atoms in total. The summed E-state index contributed by atoms with van der Waals surface area (Å²) in [6.07, 6.45) is 0. The zero-order valence-corrected chi connectivity index (χ0v) is 14.9. The molecule has 0 spiro atoms. The number of methoxy groups -OCH3 is 1. The molecule has 0 bridgehead atoms. The monoisotopic (exact) mass is 398 g/mol. The third-order valence-corrected chi connectivity index (χ3v) is 5.17. The summed E-state index contributed by atoms with van der Waals surface area (Å²) in [5, 5.41) is 0. The summed E-state index contributed by atoms with van der Waals surface area (Å²) in [5.41, 5.74) is 6.14. The summed E-state index contributed by atoms with van der Waals surface area (Å²) in [4.78, 5) is 11.4. The fourth-order valence-electron chi connectivity index (χ4n) is 2.00.